The van der Waals surface area contributed by atoms with Gasteiger partial charge in [0.2, 0.25) is 11.8 Å². The van der Waals surface area contributed by atoms with Crippen molar-refractivity contribution in [2.24, 2.45) is 23.2 Å². The summed E-state index contributed by atoms with van der Waals surface area (Å²) in [7, 11) is 0. The fourth-order valence-electron chi connectivity index (χ4n) is 7.83. The van der Waals surface area contributed by atoms with Gasteiger partial charge in [-0.2, -0.15) is 0 Å². The van der Waals surface area contributed by atoms with Gasteiger partial charge in [-0.3, -0.25) is 14.4 Å². The molecule has 6 atom stereocenters. The van der Waals surface area contributed by atoms with Crippen LogP contribution in [-0.4, -0.2) is 79.8 Å². The van der Waals surface area contributed by atoms with Crippen LogP contribution in [0.2, 0.25) is 0 Å². The van der Waals surface area contributed by atoms with E-state index in [1.165, 1.54) is 4.90 Å². The van der Waals surface area contributed by atoms with Gasteiger partial charge < -0.3 is 24.7 Å². The molecule has 8 heteroatoms. The van der Waals surface area contributed by atoms with Gasteiger partial charge >= 0.3 is 5.97 Å². The zero-order valence-corrected chi connectivity index (χ0v) is 24.0. The van der Waals surface area contributed by atoms with Crippen LogP contribution in [0.3, 0.4) is 0 Å². The maximum Gasteiger partial charge on any atom is 0.310 e. The van der Waals surface area contributed by atoms with Crippen LogP contribution >= 0.6 is 0 Å². The number of aliphatic carboxylic acids is 1. The minimum Gasteiger partial charge on any atom is -0.481 e. The van der Waals surface area contributed by atoms with Crippen LogP contribution < -0.4 is 0 Å². The summed E-state index contributed by atoms with van der Waals surface area (Å²) in [5.41, 5.74) is -2.82. The van der Waals surface area contributed by atoms with Gasteiger partial charge in [-0.05, 0) is 57.3 Å². The molecule has 3 fully saturated rings. The maximum absolute atomic E-state index is 14.7. The normalized spacial score (nSPS) is 32.1. The van der Waals surface area contributed by atoms with Gasteiger partial charge in [0.05, 0.1) is 24.2 Å². The molecule has 3 rings (SSSR count). The van der Waals surface area contributed by atoms with E-state index in [1.807, 2.05) is 34.6 Å². The highest BCUT2D eigenvalue weighted by molar-refractivity contribution is 5.98. The monoisotopic (exact) mass is 520 g/mol. The Bertz CT molecular complexity index is 924. The second-order valence-corrected chi connectivity index (χ2v) is 13.7. The van der Waals surface area contributed by atoms with Crippen LogP contribution in [0, 0.1) is 23.2 Å². The number of ether oxygens (including phenoxy) is 1. The predicted molar refractivity (Wildman–Crippen MR) is 142 cm³/mol. The quantitative estimate of drug-likeness (QED) is 0.401. The molecule has 2 N–H and O–H groups in total. The lowest BCUT2D eigenvalue weighted by molar-refractivity contribution is -0.163. The second-order valence-electron chi connectivity index (χ2n) is 13.7. The highest BCUT2D eigenvalue weighted by atomic mass is 16.5. The zero-order chi connectivity index (χ0) is 28.1. The summed E-state index contributed by atoms with van der Waals surface area (Å²) in [6.07, 6.45) is 4.29. The molecule has 2 unspecified atom stereocenters. The van der Waals surface area contributed by atoms with Gasteiger partial charge in [0.25, 0.3) is 0 Å². The molecule has 3 saturated heterocycles. The van der Waals surface area contributed by atoms with E-state index in [0.717, 1.165) is 0 Å². The Kier molecular flexibility index (Phi) is 8.00. The first-order valence-corrected chi connectivity index (χ1v) is 13.8. The highest BCUT2D eigenvalue weighted by Gasteiger charge is 2.79. The van der Waals surface area contributed by atoms with Crippen molar-refractivity contribution in [2.75, 3.05) is 13.2 Å². The zero-order valence-electron chi connectivity index (χ0n) is 24.0. The largest absolute Gasteiger partial charge is 0.481 e. The molecule has 2 amide bonds. The smallest absolute Gasteiger partial charge is 0.310 e. The number of aliphatic hydroxyl groups is 1. The molecule has 8 nitrogen and oxygen atoms in total. The molecule has 3 aliphatic heterocycles. The lowest BCUT2D eigenvalue weighted by atomic mass is 9.65. The van der Waals surface area contributed by atoms with Gasteiger partial charge in [0.1, 0.15) is 17.6 Å². The molecule has 2 bridgehead atoms. The summed E-state index contributed by atoms with van der Waals surface area (Å²) in [5, 5.41) is 20.7. The average Bonchev–Trinajstić information content (AvgIpc) is 3.37. The van der Waals surface area contributed by atoms with Gasteiger partial charge in [-0.25, -0.2) is 0 Å². The van der Waals surface area contributed by atoms with Gasteiger partial charge in [0.15, 0.2) is 0 Å². The summed E-state index contributed by atoms with van der Waals surface area (Å²) >= 11 is 0. The summed E-state index contributed by atoms with van der Waals surface area (Å²) < 4.78 is 6.67. The fraction of sp³-hybridized carbons (Fsp3) is 0.828. The van der Waals surface area contributed by atoms with E-state index in [-0.39, 0.29) is 36.3 Å². The lowest BCUT2D eigenvalue weighted by Crippen LogP contribution is -2.62. The number of amides is 2. The van der Waals surface area contributed by atoms with Crippen LogP contribution in [0.15, 0.2) is 12.7 Å². The molecule has 0 saturated carbocycles. The number of hydrogen-bond donors (Lipinski definition) is 2. The number of fused-ring (bicyclic) bond motifs is 1. The Morgan fingerprint density at radius 1 is 1.24 bits per heavy atom. The Morgan fingerprint density at radius 2 is 1.86 bits per heavy atom. The van der Waals surface area contributed by atoms with Crippen LogP contribution in [0.5, 0.6) is 0 Å². The Balaban J connectivity index is 2.19. The highest BCUT2D eigenvalue weighted by Crippen LogP contribution is 2.64. The van der Waals surface area contributed by atoms with Crippen molar-refractivity contribution < 1.29 is 29.3 Å². The standard InChI is InChI=1S/C29H48N2O6/c1-10-14-30(27(8,9)17-26(5,6)7)24(34)22-29-13-12-28(11-2,37-29)21(25(35)36)20(29)23(33)31(22)19(16-32)15-18(3)4/h10,18-22,32H,1,11-17H2,2-9H3,(H,35,36)/t19-,20+,21+,22?,28-,29?/m1/s1. The summed E-state index contributed by atoms with van der Waals surface area (Å²) in [6, 6.07) is -1.61. The molecular formula is C29H48N2O6. The molecular weight excluding hydrogens is 472 g/mol. The average molecular weight is 521 g/mol. The first kappa shape index (κ1) is 29.6. The summed E-state index contributed by atoms with van der Waals surface area (Å²) in [5.74, 6) is -3.51. The third-order valence-corrected chi connectivity index (χ3v) is 8.74. The molecule has 0 aromatic heterocycles. The number of rotatable bonds is 11. The topological polar surface area (TPSA) is 107 Å². The molecule has 1 spiro atoms. The van der Waals surface area contributed by atoms with Gasteiger partial charge in [-0.15, -0.1) is 6.58 Å². The number of carboxylic acids is 1. The number of carboxylic acid groups (broad SMARTS) is 1. The Labute approximate surface area is 222 Å². The van der Waals surface area contributed by atoms with Crippen LogP contribution in [0.1, 0.15) is 87.5 Å². The van der Waals surface area contributed by atoms with Crippen molar-refractivity contribution in [3.8, 4) is 0 Å². The maximum atomic E-state index is 14.7. The Hall–Kier alpha value is -1.93. The third-order valence-electron chi connectivity index (χ3n) is 8.74. The summed E-state index contributed by atoms with van der Waals surface area (Å²) in [4.78, 5) is 44.8. The number of nitrogens with zero attached hydrogens (tertiary/aromatic N) is 2. The van der Waals surface area contributed by atoms with Crippen LogP contribution in [0.25, 0.3) is 0 Å². The molecule has 0 aromatic rings. The number of carbonyl (C=O) groups excluding carboxylic acids is 2. The minimum absolute atomic E-state index is 0.0660. The van der Waals surface area contributed by atoms with Crippen LogP contribution in [0.4, 0.5) is 0 Å². The number of carbonyl (C=O) groups is 3. The van der Waals surface area contributed by atoms with E-state index in [4.69, 9.17) is 4.74 Å². The van der Waals surface area contributed by atoms with Crippen molar-refractivity contribution in [1.82, 2.24) is 9.80 Å². The fourth-order valence-corrected chi connectivity index (χ4v) is 7.83. The Morgan fingerprint density at radius 3 is 2.32 bits per heavy atom. The first-order chi connectivity index (χ1) is 17.0. The summed E-state index contributed by atoms with van der Waals surface area (Å²) in [6.45, 7) is 20.2. The predicted octanol–water partition coefficient (Wildman–Crippen LogP) is 3.86. The van der Waals surface area contributed by atoms with Crippen LogP contribution in [-0.2, 0) is 19.1 Å². The molecule has 3 heterocycles. The van der Waals surface area contributed by atoms with Crippen molar-refractivity contribution in [1.29, 1.82) is 0 Å². The van der Waals surface area contributed by atoms with Gasteiger partial charge in [0, 0.05) is 12.1 Å². The molecule has 0 aliphatic carbocycles. The first-order valence-electron chi connectivity index (χ1n) is 13.8. The number of hydrogen-bond acceptors (Lipinski definition) is 5. The minimum atomic E-state index is -1.23. The number of aliphatic hydroxyl groups excluding tert-OH is 1. The molecule has 0 radical (unpaired) electrons. The number of likely N-dealkylation sites (tertiary alicyclic amines) is 1. The van der Waals surface area contributed by atoms with Crippen molar-refractivity contribution in [3.63, 3.8) is 0 Å². The van der Waals surface area contributed by atoms with E-state index >= 15 is 0 Å². The van der Waals surface area contributed by atoms with E-state index in [9.17, 15) is 24.6 Å². The van der Waals surface area contributed by atoms with E-state index in [1.54, 1.807) is 11.0 Å². The third kappa shape index (κ3) is 4.84. The molecule has 0 aromatic carbocycles. The lowest BCUT2D eigenvalue weighted by Gasteiger charge is -2.46. The van der Waals surface area contributed by atoms with Gasteiger partial charge in [-0.1, -0.05) is 47.6 Å². The molecule has 210 valence electrons. The van der Waals surface area contributed by atoms with Crippen molar-refractivity contribution in [2.45, 2.75) is 116 Å². The second kappa shape index (κ2) is 9.99. The van der Waals surface area contributed by atoms with E-state index in [2.05, 4.69) is 27.4 Å². The molecule has 37 heavy (non-hydrogen) atoms. The SMILES string of the molecule is C=CCN(C(=O)C1N([C@@H](CO)CC(C)C)C(=O)[C@@H]2[C@@H](C(=O)O)[C@@]3(CC)CCC12O3)C(C)(C)CC(C)(C)C. The molecule has 3 aliphatic rings. The van der Waals surface area contributed by atoms with E-state index in [0.29, 0.717) is 32.1 Å². The van der Waals surface area contributed by atoms with E-state index < -0.39 is 46.6 Å². The van der Waals surface area contributed by atoms with Crippen molar-refractivity contribution in [3.05, 3.63) is 12.7 Å². The van der Waals surface area contributed by atoms with Crippen molar-refractivity contribution >= 4 is 17.8 Å².